The van der Waals surface area contributed by atoms with Crippen molar-refractivity contribution in [2.45, 2.75) is 51.2 Å². The third-order valence-corrected chi connectivity index (χ3v) is 3.93. The summed E-state index contributed by atoms with van der Waals surface area (Å²) in [6.45, 7) is 11.2. The molecule has 0 saturated carbocycles. The summed E-state index contributed by atoms with van der Waals surface area (Å²) in [4.78, 5) is 0. The van der Waals surface area contributed by atoms with E-state index in [1.165, 1.54) is 0 Å². The van der Waals surface area contributed by atoms with E-state index in [4.69, 9.17) is 4.43 Å². The zero-order valence-electron chi connectivity index (χ0n) is 9.69. The minimum absolute atomic E-state index is 0.0823. The number of hydrogen-bond acceptors (Lipinski definition) is 1. The first-order chi connectivity index (χ1) is 5.19. The van der Waals surface area contributed by atoms with Gasteiger partial charge in [0.15, 0.2) is 0 Å². The van der Waals surface area contributed by atoms with Crippen LogP contribution in [0.3, 0.4) is 0 Å². The predicted octanol–water partition coefficient (Wildman–Crippen LogP) is 1.46. The van der Waals surface area contributed by atoms with Crippen molar-refractivity contribution in [2.75, 3.05) is 0 Å². The number of hydrogen-bond donors (Lipinski definition) is 0. The molecule has 0 amide bonds. The quantitative estimate of drug-likeness (QED) is 0.597. The van der Waals surface area contributed by atoms with Crippen LogP contribution in [0, 0.1) is 5.41 Å². The SMILES string of the molecule is [Li][CH](CC(C)(C)O[SiH3])C(C)(C)C. The van der Waals surface area contributed by atoms with Crippen LogP contribution in [0.5, 0.6) is 0 Å². The van der Waals surface area contributed by atoms with Crippen LogP contribution >= 0.6 is 0 Å². The molecule has 0 aliphatic heterocycles. The van der Waals surface area contributed by atoms with Crippen molar-refractivity contribution in [3.8, 4) is 0 Å². The Morgan fingerprint density at radius 2 is 1.67 bits per heavy atom. The molecular weight excluding hydrogens is 159 g/mol. The molecule has 1 atom stereocenters. The zero-order valence-corrected chi connectivity index (χ0v) is 11.7. The zero-order chi connectivity index (χ0) is 9.99. The standard InChI is InChI=1S/C9H21OSi.Li/c1-8(2,3)6-7-9(4,5)10-11;/h6H,7H2,1-5,11H3;. The fourth-order valence-corrected chi connectivity index (χ4v) is 1.29. The first kappa shape index (κ1) is 12.8. The summed E-state index contributed by atoms with van der Waals surface area (Å²) >= 11 is 2.31. The summed E-state index contributed by atoms with van der Waals surface area (Å²) < 4.78 is 6.25. The number of rotatable bonds is 3. The Hall–Kier alpha value is 0.774. The monoisotopic (exact) mass is 180 g/mol. The molecule has 0 radical (unpaired) electrons. The Morgan fingerprint density at radius 3 is 1.92 bits per heavy atom. The molecule has 1 nitrogen and oxygen atoms in total. The molecule has 0 saturated heterocycles. The first-order valence-electron chi connectivity index (χ1n) is 4.74. The maximum atomic E-state index is 5.54. The third kappa shape index (κ3) is 4.72. The normalized spacial score (nSPS) is 16.6. The van der Waals surface area contributed by atoms with Crippen LogP contribution in [-0.4, -0.2) is 33.8 Å². The van der Waals surface area contributed by atoms with Gasteiger partial charge in [-0.3, -0.25) is 0 Å². The van der Waals surface area contributed by atoms with E-state index in [9.17, 15) is 0 Å². The van der Waals surface area contributed by atoms with E-state index in [1.54, 1.807) is 0 Å². The van der Waals surface area contributed by atoms with E-state index in [0.717, 1.165) is 16.9 Å². The second kappa shape index (κ2) is 4.33. The fraction of sp³-hybridized carbons (Fsp3) is 1.00. The van der Waals surface area contributed by atoms with Crippen molar-refractivity contribution in [3.63, 3.8) is 0 Å². The van der Waals surface area contributed by atoms with Crippen LogP contribution in [0.15, 0.2) is 0 Å². The molecule has 0 aromatic heterocycles. The van der Waals surface area contributed by atoms with Gasteiger partial charge in [-0.25, -0.2) is 0 Å². The summed E-state index contributed by atoms with van der Waals surface area (Å²) in [5.41, 5.74) is 0.482. The maximum absolute atomic E-state index is 5.54. The van der Waals surface area contributed by atoms with Crippen molar-refractivity contribution >= 4 is 28.2 Å². The van der Waals surface area contributed by atoms with Gasteiger partial charge in [-0.05, 0) is 0 Å². The van der Waals surface area contributed by atoms with Crippen LogP contribution < -0.4 is 0 Å². The summed E-state index contributed by atoms with van der Waals surface area (Å²) in [7, 11) is 0.840. The van der Waals surface area contributed by atoms with Crippen LogP contribution in [-0.2, 0) is 4.43 Å². The van der Waals surface area contributed by atoms with Gasteiger partial charge in [-0.2, -0.15) is 0 Å². The third-order valence-electron chi connectivity index (χ3n) is 2.83. The molecular formula is C9H21LiOSi. The Balaban J connectivity index is 4.09. The molecule has 0 aromatic carbocycles. The van der Waals surface area contributed by atoms with Gasteiger partial charge in [0.1, 0.15) is 0 Å². The van der Waals surface area contributed by atoms with Gasteiger partial charge in [0.2, 0.25) is 0 Å². The van der Waals surface area contributed by atoms with E-state index in [0.29, 0.717) is 10.0 Å². The minimum atomic E-state index is 0.0823. The van der Waals surface area contributed by atoms with Gasteiger partial charge in [0.05, 0.1) is 0 Å². The van der Waals surface area contributed by atoms with Gasteiger partial charge in [0, 0.05) is 0 Å². The van der Waals surface area contributed by atoms with Crippen LogP contribution in [0.25, 0.3) is 0 Å². The van der Waals surface area contributed by atoms with E-state index >= 15 is 0 Å². The van der Waals surface area contributed by atoms with Crippen LogP contribution in [0.2, 0.25) is 4.59 Å². The molecule has 0 fully saturated rings. The Bertz CT molecular complexity index is 140. The summed E-state index contributed by atoms with van der Waals surface area (Å²) in [5, 5.41) is 0. The molecule has 0 aromatic rings. The molecule has 12 heavy (non-hydrogen) atoms. The fourth-order valence-electron chi connectivity index (χ4n) is 1.13. The molecule has 0 bridgehead atoms. The van der Waals surface area contributed by atoms with Crippen LogP contribution in [0.1, 0.15) is 41.0 Å². The molecule has 0 spiro atoms. The molecule has 68 valence electrons. The molecule has 1 unspecified atom stereocenters. The van der Waals surface area contributed by atoms with E-state index < -0.39 is 0 Å². The summed E-state index contributed by atoms with van der Waals surface area (Å²) in [5.74, 6) is 0. The van der Waals surface area contributed by atoms with Crippen molar-refractivity contribution in [1.82, 2.24) is 0 Å². The second-order valence-corrected chi connectivity index (χ2v) is 5.84. The van der Waals surface area contributed by atoms with Crippen LogP contribution in [0.4, 0.5) is 0 Å². The van der Waals surface area contributed by atoms with E-state index in [-0.39, 0.29) is 5.60 Å². The van der Waals surface area contributed by atoms with Crippen molar-refractivity contribution in [2.24, 2.45) is 5.41 Å². The summed E-state index contributed by atoms with van der Waals surface area (Å²) in [6.07, 6.45) is 1.15. The average molecular weight is 180 g/mol. The Kier molecular flexibility index (Phi) is 4.61. The van der Waals surface area contributed by atoms with Gasteiger partial charge >= 0.3 is 89.3 Å². The Labute approximate surface area is 89.4 Å². The van der Waals surface area contributed by atoms with Gasteiger partial charge < -0.3 is 0 Å². The summed E-state index contributed by atoms with van der Waals surface area (Å²) in [6, 6.07) is 0. The van der Waals surface area contributed by atoms with E-state index in [2.05, 4.69) is 52.3 Å². The average Bonchev–Trinajstić information content (AvgIpc) is 1.85. The van der Waals surface area contributed by atoms with Crippen molar-refractivity contribution in [3.05, 3.63) is 0 Å². The molecule has 0 aliphatic rings. The first-order valence-corrected chi connectivity index (χ1v) is 5.56. The molecule has 0 aliphatic carbocycles. The van der Waals surface area contributed by atoms with Gasteiger partial charge in [-0.15, -0.1) is 0 Å². The molecule has 3 heteroatoms. The van der Waals surface area contributed by atoms with Crippen molar-refractivity contribution in [1.29, 1.82) is 0 Å². The topological polar surface area (TPSA) is 9.23 Å². The van der Waals surface area contributed by atoms with E-state index in [1.807, 2.05) is 0 Å². The molecule has 0 rings (SSSR count). The van der Waals surface area contributed by atoms with Gasteiger partial charge in [-0.1, -0.05) is 0 Å². The molecule has 0 N–H and O–H groups in total. The predicted molar refractivity (Wildman–Crippen MR) is 58.7 cm³/mol. The van der Waals surface area contributed by atoms with Gasteiger partial charge in [0.25, 0.3) is 0 Å². The van der Waals surface area contributed by atoms with Crippen molar-refractivity contribution < 1.29 is 4.43 Å². The molecule has 0 heterocycles. The Morgan fingerprint density at radius 1 is 1.25 bits per heavy atom. The second-order valence-electron chi connectivity index (χ2n) is 5.44.